The lowest BCUT2D eigenvalue weighted by atomic mass is 10.1. The van der Waals surface area contributed by atoms with Crippen LogP contribution in [0.1, 0.15) is 6.42 Å². The van der Waals surface area contributed by atoms with Crippen LogP contribution in [-0.2, 0) is 0 Å². The number of benzene rings is 1. The quantitative estimate of drug-likeness (QED) is 0.241. The van der Waals surface area contributed by atoms with E-state index in [2.05, 4.69) is 20.4 Å². The third-order valence-electron chi connectivity index (χ3n) is 6.14. The molecule has 0 bridgehead atoms. The summed E-state index contributed by atoms with van der Waals surface area (Å²) in [5, 5.41) is 23.9. The van der Waals surface area contributed by atoms with Gasteiger partial charge in [-0.2, -0.15) is 9.78 Å². The molecule has 3 N–H and O–H groups in total. The van der Waals surface area contributed by atoms with Gasteiger partial charge in [0.15, 0.2) is 0 Å². The molecule has 0 saturated carbocycles. The highest BCUT2D eigenvalue weighted by Gasteiger charge is 2.21. The molecule has 0 radical (unpaired) electrons. The van der Waals surface area contributed by atoms with E-state index in [9.17, 15) is 13.2 Å². The maximum atomic E-state index is 13.7. The number of aromatic nitrogens is 4. The fourth-order valence-electron chi connectivity index (χ4n) is 4.25. The molecule has 4 heterocycles. The minimum Gasteiger partial charge on any atom is -0.491 e. The number of halogens is 3. The molecular weight excluding hydrogens is 497 g/mol. The van der Waals surface area contributed by atoms with Crippen molar-refractivity contribution in [2.45, 2.75) is 12.6 Å². The molecule has 1 aliphatic heterocycles. The van der Waals surface area contributed by atoms with Crippen LogP contribution in [0.25, 0.3) is 22.3 Å². The molecule has 5 rings (SSSR count). The molecule has 9 nitrogen and oxygen atoms in total. The zero-order chi connectivity index (χ0) is 26.6. The highest BCUT2D eigenvalue weighted by molar-refractivity contribution is 5.91. The highest BCUT2D eigenvalue weighted by Crippen LogP contribution is 2.23. The summed E-state index contributed by atoms with van der Waals surface area (Å²) < 4.78 is 47.5. The fourth-order valence-corrected chi connectivity index (χ4v) is 4.25. The van der Waals surface area contributed by atoms with Crippen molar-refractivity contribution in [2.75, 3.05) is 38.1 Å². The van der Waals surface area contributed by atoms with Gasteiger partial charge in [-0.15, -0.1) is 0 Å². The van der Waals surface area contributed by atoms with Gasteiger partial charge >= 0.3 is 0 Å². The SMILES string of the molecule is N=C(CNc1ccnc2cc(OCCN3CCC(F)C3)cnc12)n1nc(-c2cc(F)cc(F)c2)ccc1=N. The Morgan fingerprint density at radius 3 is 2.68 bits per heavy atom. The molecule has 196 valence electrons. The molecule has 1 unspecified atom stereocenters. The normalized spacial score (nSPS) is 15.6. The van der Waals surface area contributed by atoms with Crippen LogP contribution < -0.4 is 15.5 Å². The smallest absolute Gasteiger partial charge is 0.148 e. The van der Waals surface area contributed by atoms with Crippen LogP contribution in [-0.4, -0.2) is 69.4 Å². The Morgan fingerprint density at radius 2 is 1.92 bits per heavy atom. The molecule has 0 amide bonds. The Hall–Kier alpha value is -4.32. The number of alkyl halides is 1. The molecule has 1 fully saturated rings. The number of fused-ring (bicyclic) bond motifs is 1. The van der Waals surface area contributed by atoms with E-state index in [1.165, 1.54) is 12.1 Å². The van der Waals surface area contributed by atoms with E-state index in [0.29, 0.717) is 48.6 Å². The highest BCUT2D eigenvalue weighted by atomic mass is 19.1. The third kappa shape index (κ3) is 5.80. The van der Waals surface area contributed by atoms with Gasteiger partial charge in [-0.05, 0) is 36.8 Å². The predicted molar refractivity (Wildman–Crippen MR) is 136 cm³/mol. The molecule has 1 atom stereocenters. The number of anilines is 1. The monoisotopic (exact) mass is 522 g/mol. The molecule has 3 aromatic heterocycles. The first-order valence-corrected chi connectivity index (χ1v) is 12.0. The van der Waals surface area contributed by atoms with Crippen molar-refractivity contribution in [1.82, 2.24) is 24.6 Å². The molecule has 38 heavy (non-hydrogen) atoms. The summed E-state index contributed by atoms with van der Waals surface area (Å²) in [5.41, 5.74) is 2.14. The number of pyridine rings is 2. The van der Waals surface area contributed by atoms with Gasteiger partial charge in [-0.25, -0.2) is 18.2 Å². The Labute approximate surface area is 215 Å². The van der Waals surface area contributed by atoms with Crippen molar-refractivity contribution in [3.8, 4) is 17.0 Å². The number of rotatable bonds is 8. The Bertz CT molecular complexity index is 1520. The van der Waals surface area contributed by atoms with Gasteiger partial charge in [0.25, 0.3) is 0 Å². The first-order chi connectivity index (χ1) is 18.4. The van der Waals surface area contributed by atoms with E-state index in [4.69, 9.17) is 15.6 Å². The second-order valence-corrected chi connectivity index (χ2v) is 8.91. The van der Waals surface area contributed by atoms with Crippen LogP contribution in [0.4, 0.5) is 18.9 Å². The summed E-state index contributed by atoms with van der Waals surface area (Å²) in [6, 6.07) is 9.40. The molecule has 0 aliphatic carbocycles. The van der Waals surface area contributed by atoms with Gasteiger partial charge in [-0.1, -0.05) is 0 Å². The van der Waals surface area contributed by atoms with Gasteiger partial charge in [0.05, 0.1) is 29.6 Å². The molecule has 1 saturated heterocycles. The van der Waals surface area contributed by atoms with Gasteiger partial charge in [0.1, 0.15) is 47.0 Å². The van der Waals surface area contributed by atoms with E-state index >= 15 is 0 Å². The number of hydrogen-bond acceptors (Lipinski definition) is 8. The van der Waals surface area contributed by atoms with Gasteiger partial charge in [-0.3, -0.25) is 20.7 Å². The Balaban J connectivity index is 1.26. The Kier molecular flexibility index (Phi) is 7.31. The molecular formula is C26H25F3N8O. The maximum absolute atomic E-state index is 13.7. The standard InChI is InChI=1S/C26H25F3N8O/c27-17-4-6-36(15-17)7-8-38-20-12-23-26(34-13-20)22(3-5-32-23)33-14-25(31)37-24(30)2-1-21(35-37)16-9-18(28)11-19(29)10-16/h1-3,5,9-13,17,30-31H,4,6-8,14-15H2,(H,32,33). The van der Waals surface area contributed by atoms with Crippen molar-refractivity contribution >= 4 is 22.6 Å². The number of likely N-dealkylation sites (tertiary alicyclic amines) is 1. The molecule has 0 spiro atoms. The zero-order valence-corrected chi connectivity index (χ0v) is 20.3. The zero-order valence-electron chi connectivity index (χ0n) is 20.3. The van der Waals surface area contributed by atoms with Gasteiger partial charge in [0.2, 0.25) is 0 Å². The van der Waals surface area contributed by atoms with E-state index in [0.717, 1.165) is 29.4 Å². The van der Waals surface area contributed by atoms with Crippen molar-refractivity contribution in [3.05, 3.63) is 72.0 Å². The van der Waals surface area contributed by atoms with Crippen LogP contribution in [0, 0.1) is 22.5 Å². The largest absolute Gasteiger partial charge is 0.491 e. The summed E-state index contributed by atoms with van der Waals surface area (Å²) in [4.78, 5) is 10.8. The minimum atomic E-state index is -0.766. The van der Waals surface area contributed by atoms with Gasteiger partial charge < -0.3 is 10.1 Å². The van der Waals surface area contributed by atoms with Crippen molar-refractivity contribution in [3.63, 3.8) is 0 Å². The maximum Gasteiger partial charge on any atom is 0.148 e. The fraction of sp³-hybridized carbons (Fsp3) is 0.269. The molecule has 1 aromatic carbocycles. The molecule has 4 aromatic rings. The molecule has 12 heteroatoms. The number of hydrogen-bond donors (Lipinski definition) is 3. The summed E-state index contributed by atoms with van der Waals surface area (Å²) >= 11 is 0. The lowest BCUT2D eigenvalue weighted by Gasteiger charge is -2.15. The van der Waals surface area contributed by atoms with Crippen LogP contribution in [0.15, 0.2) is 54.9 Å². The van der Waals surface area contributed by atoms with Crippen molar-refractivity contribution in [2.24, 2.45) is 0 Å². The van der Waals surface area contributed by atoms with E-state index in [1.54, 1.807) is 24.5 Å². The average Bonchev–Trinajstić information content (AvgIpc) is 3.31. The second kappa shape index (κ2) is 11.0. The first kappa shape index (κ1) is 25.3. The predicted octanol–water partition coefficient (Wildman–Crippen LogP) is 3.61. The van der Waals surface area contributed by atoms with Crippen LogP contribution in [0.3, 0.4) is 0 Å². The summed E-state index contributed by atoms with van der Waals surface area (Å²) in [5.74, 6) is -0.995. The van der Waals surface area contributed by atoms with E-state index in [-0.39, 0.29) is 29.1 Å². The number of nitrogens with zero attached hydrogens (tertiary/aromatic N) is 5. The Morgan fingerprint density at radius 1 is 1.11 bits per heavy atom. The van der Waals surface area contributed by atoms with E-state index < -0.39 is 17.8 Å². The van der Waals surface area contributed by atoms with Gasteiger partial charge in [0, 0.05) is 43.5 Å². The summed E-state index contributed by atoms with van der Waals surface area (Å²) in [6.45, 7) is 2.21. The lowest BCUT2D eigenvalue weighted by Crippen LogP contribution is -2.33. The lowest BCUT2D eigenvalue weighted by molar-refractivity contribution is 0.224. The summed E-state index contributed by atoms with van der Waals surface area (Å²) in [6.07, 6.45) is 2.98. The second-order valence-electron chi connectivity index (χ2n) is 8.91. The number of ether oxygens (including phenoxy) is 1. The van der Waals surface area contributed by atoms with Crippen LogP contribution in [0.2, 0.25) is 0 Å². The van der Waals surface area contributed by atoms with Crippen LogP contribution >= 0.6 is 0 Å². The van der Waals surface area contributed by atoms with Crippen molar-refractivity contribution in [1.29, 1.82) is 10.8 Å². The van der Waals surface area contributed by atoms with Crippen molar-refractivity contribution < 1.29 is 17.9 Å². The number of nitrogens with one attached hydrogen (secondary N) is 3. The minimum absolute atomic E-state index is 0.00500. The summed E-state index contributed by atoms with van der Waals surface area (Å²) in [7, 11) is 0. The topological polar surface area (TPSA) is 116 Å². The first-order valence-electron chi connectivity index (χ1n) is 12.0. The van der Waals surface area contributed by atoms with Crippen LogP contribution in [0.5, 0.6) is 5.75 Å². The average molecular weight is 523 g/mol. The van der Waals surface area contributed by atoms with E-state index in [1.807, 2.05) is 4.90 Å². The third-order valence-corrected chi connectivity index (χ3v) is 6.14. The molecule has 1 aliphatic rings.